The number of hydrogen-bond acceptors (Lipinski definition) is 3. The zero-order chi connectivity index (χ0) is 25.9. The molecule has 2 saturated carbocycles. The Labute approximate surface area is 225 Å². The van der Waals surface area contributed by atoms with E-state index in [9.17, 15) is 9.59 Å². The Morgan fingerprint density at radius 1 is 0.865 bits per heavy atom. The maximum absolute atomic E-state index is 13.7. The Bertz CT molecular complexity index is 850. The summed E-state index contributed by atoms with van der Waals surface area (Å²) in [5.74, 6) is 1.83. The lowest BCUT2D eigenvalue weighted by atomic mass is 9.85. The van der Waals surface area contributed by atoms with Gasteiger partial charge in [0.1, 0.15) is 11.9 Å². The number of amides is 2. The Hall–Kier alpha value is -2.04. The number of benzene rings is 1. The fourth-order valence-electron chi connectivity index (χ4n) is 6.77. The summed E-state index contributed by atoms with van der Waals surface area (Å²) >= 11 is 0. The van der Waals surface area contributed by atoms with Gasteiger partial charge >= 0.3 is 0 Å². The van der Waals surface area contributed by atoms with E-state index in [4.69, 9.17) is 4.74 Å². The first-order valence-electron chi connectivity index (χ1n) is 15.5. The van der Waals surface area contributed by atoms with Crippen LogP contribution in [0.5, 0.6) is 5.75 Å². The first-order valence-corrected chi connectivity index (χ1v) is 15.5. The first kappa shape index (κ1) is 28.0. The van der Waals surface area contributed by atoms with Crippen molar-refractivity contribution in [3.05, 3.63) is 29.8 Å². The molecule has 2 atom stereocenters. The van der Waals surface area contributed by atoms with Crippen molar-refractivity contribution < 1.29 is 14.3 Å². The van der Waals surface area contributed by atoms with Gasteiger partial charge in [-0.3, -0.25) is 9.59 Å². The monoisotopic (exact) mass is 510 g/mol. The third-order valence-corrected chi connectivity index (χ3v) is 8.88. The van der Waals surface area contributed by atoms with Crippen molar-refractivity contribution in [2.75, 3.05) is 19.6 Å². The van der Waals surface area contributed by atoms with Crippen LogP contribution in [0.4, 0.5) is 0 Å². The lowest BCUT2D eigenvalue weighted by Gasteiger charge is -2.40. The molecule has 0 bridgehead atoms. The molecule has 2 amide bonds. The van der Waals surface area contributed by atoms with Crippen molar-refractivity contribution in [2.45, 2.75) is 128 Å². The summed E-state index contributed by atoms with van der Waals surface area (Å²) in [7, 11) is 0. The van der Waals surface area contributed by atoms with Gasteiger partial charge in [-0.25, -0.2) is 0 Å². The average molecular weight is 511 g/mol. The van der Waals surface area contributed by atoms with Crippen molar-refractivity contribution >= 4 is 11.8 Å². The molecule has 206 valence electrons. The third kappa shape index (κ3) is 7.97. The van der Waals surface area contributed by atoms with E-state index in [1.807, 2.05) is 29.2 Å². The number of para-hydroxylation sites is 1. The molecule has 1 aliphatic heterocycles. The zero-order valence-corrected chi connectivity index (χ0v) is 23.3. The SMILES string of the molecule is CCCN1CCCCCCCN(C(=O)CCC2CCCCC2)[C@@H]2CCCC[C@@H]2Oc2ccccc2C1=O. The average Bonchev–Trinajstić information content (AvgIpc) is 2.93. The molecule has 0 spiro atoms. The van der Waals surface area contributed by atoms with Gasteiger partial charge < -0.3 is 14.5 Å². The van der Waals surface area contributed by atoms with E-state index >= 15 is 0 Å². The summed E-state index contributed by atoms with van der Waals surface area (Å²) < 4.78 is 6.71. The van der Waals surface area contributed by atoms with E-state index in [2.05, 4.69) is 11.8 Å². The molecule has 4 rings (SSSR count). The van der Waals surface area contributed by atoms with Crippen molar-refractivity contribution in [1.29, 1.82) is 0 Å². The van der Waals surface area contributed by atoms with Crippen molar-refractivity contribution in [3.8, 4) is 5.75 Å². The smallest absolute Gasteiger partial charge is 0.257 e. The molecule has 3 aliphatic rings. The Kier molecular flexibility index (Phi) is 11.2. The predicted molar refractivity (Wildman–Crippen MR) is 150 cm³/mol. The molecule has 1 aromatic rings. The summed E-state index contributed by atoms with van der Waals surface area (Å²) in [4.78, 5) is 31.6. The largest absolute Gasteiger partial charge is 0.487 e. The minimum atomic E-state index is -0.0499. The van der Waals surface area contributed by atoms with Gasteiger partial charge in [0.05, 0.1) is 11.6 Å². The molecule has 5 nitrogen and oxygen atoms in total. The molecule has 0 N–H and O–H groups in total. The summed E-state index contributed by atoms with van der Waals surface area (Å²) in [5, 5.41) is 0. The lowest BCUT2D eigenvalue weighted by Crippen LogP contribution is -2.51. The van der Waals surface area contributed by atoms with Crippen LogP contribution < -0.4 is 4.74 Å². The molecule has 0 aromatic heterocycles. The molecule has 0 unspecified atom stereocenters. The van der Waals surface area contributed by atoms with Gasteiger partial charge in [0.15, 0.2) is 0 Å². The second kappa shape index (κ2) is 14.8. The predicted octanol–water partition coefficient (Wildman–Crippen LogP) is 7.38. The Morgan fingerprint density at radius 2 is 1.54 bits per heavy atom. The number of carbonyl (C=O) groups is 2. The van der Waals surface area contributed by atoms with Crippen molar-refractivity contribution in [2.24, 2.45) is 5.92 Å². The minimum Gasteiger partial charge on any atom is -0.487 e. The quantitative estimate of drug-likeness (QED) is 0.415. The van der Waals surface area contributed by atoms with Gasteiger partial charge in [0.2, 0.25) is 5.91 Å². The topological polar surface area (TPSA) is 49.9 Å². The number of carbonyl (C=O) groups excluding carboxylic acids is 2. The van der Waals surface area contributed by atoms with Gasteiger partial charge in [0, 0.05) is 26.1 Å². The highest BCUT2D eigenvalue weighted by Crippen LogP contribution is 2.32. The van der Waals surface area contributed by atoms with Crippen LogP contribution in [0.3, 0.4) is 0 Å². The second-order valence-electron chi connectivity index (χ2n) is 11.7. The molecule has 2 aliphatic carbocycles. The fourth-order valence-corrected chi connectivity index (χ4v) is 6.77. The van der Waals surface area contributed by atoms with Crippen molar-refractivity contribution in [3.63, 3.8) is 0 Å². The lowest BCUT2D eigenvalue weighted by molar-refractivity contribution is -0.137. The molecule has 2 fully saturated rings. The van der Waals surface area contributed by atoms with Gasteiger partial charge in [-0.2, -0.15) is 0 Å². The number of rotatable bonds is 5. The highest BCUT2D eigenvalue weighted by Gasteiger charge is 2.35. The molecule has 0 saturated heterocycles. The normalized spacial score (nSPS) is 24.8. The Morgan fingerprint density at radius 3 is 2.35 bits per heavy atom. The van der Waals surface area contributed by atoms with Crippen LogP contribution in [-0.4, -0.2) is 53.4 Å². The van der Waals surface area contributed by atoms with Gasteiger partial charge in [0.25, 0.3) is 5.91 Å². The summed E-state index contributed by atoms with van der Waals surface area (Å²) in [6, 6.07) is 7.89. The fraction of sp³-hybridized carbons (Fsp3) is 0.750. The molecule has 1 aromatic carbocycles. The Balaban J connectivity index is 1.55. The van der Waals surface area contributed by atoms with E-state index in [0.29, 0.717) is 23.6 Å². The van der Waals surface area contributed by atoms with E-state index < -0.39 is 0 Å². The minimum absolute atomic E-state index is 0.0499. The molecule has 1 heterocycles. The maximum Gasteiger partial charge on any atom is 0.257 e. The van der Waals surface area contributed by atoms with Gasteiger partial charge in [-0.1, -0.05) is 76.8 Å². The van der Waals surface area contributed by atoms with E-state index in [0.717, 1.165) is 89.8 Å². The molecule has 5 heteroatoms. The standard InChI is InChI=1S/C32H50N2O3/c1-2-23-33-24-13-4-3-5-14-25-34(31(35)22-21-26-15-7-6-8-16-26)28-18-10-12-20-30(28)37-29-19-11-9-17-27(29)32(33)36/h9,11,17,19,26,28,30H,2-8,10,12-16,18,20-25H2,1H3/t28-,30+/m1/s1. The summed E-state index contributed by atoms with van der Waals surface area (Å²) in [6.07, 6.45) is 19.0. The van der Waals surface area contributed by atoms with Gasteiger partial charge in [-0.15, -0.1) is 0 Å². The van der Waals surface area contributed by atoms with Crippen LogP contribution in [0.25, 0.3) is 0 Å². The number of fused-ring (bicyclic) bond motifs is 2. The summed E-state index contributed by atoms with van der Waals surface area (Å²) in [6.45, 7) is 4.57. The number of ether oxygens (including phenoxy) is 1. The van der Waals surface area contributed by atoms with E-state index in [-0.39, 0.29) is 18.1 Å². The third-order valence-electron chi connectivity index (χ3n) is 8.88. The molecule has 37 heavy (non-hydrogen) atoms. The highest BCUT2D eigenvalue weighted by atomic mass is 16.5. The van der Waals surface area contributed by atoms with Crippen molar-refractivity contribution in [1.82, 2.24) is 9.80 Å². The first-order chi connectivity index (χ1) is 18.2. The highest BCUT2D eigenvalue weighted by molar-refractivity contribution is 5.97. The molecular weight excluding hydrogens is 460 g/mol. The van der Waals surface area contributed by atoms with Crippen LogP contribution in [0.15, 0.2) is 24.3 Å². The zero-order valence-electron chi connectivity index (χ0n) is 23.3. The molecule has 0 radical (unpaired) electrons. The number of nitrogens with zero attached hydrogens (tertiary/aromatic N) is 2. The summed E-state index contributed by atoms with van der Waals surface area (Å²) in [5.41, 5.74) is 0.672. The van der Waals surface area contributed by atoms with Crippen LogP contribution in [0.1, 0.15) is 126 Å². The van der Waals surface area contributed by atoms with Crippen LogP contribution in [0.2, 0.25) is 0 Å². The van der Waals surface area contributed by atoms with Crippen LogP contribution >= 0.6 is 0 Å². The second-order valence-corrected chi connectivity index (χ2v) is 11.7. The van der Waals surface area contributed by atoms with Gasteiger partial charge in [-0.05, 0) is 63.0 Å². The van der Waals surface area contributed by atoms with E-state index in [1.165, 1.54) is 38.5 Å². The number of hydrogen-bond donors (Lipinski definition) is 0. The van der Waals surface area contributed by atoms with Crippen LogP contribution in [-0.2, 0) is 4.79 Å². The van der Waals surface area contributed by atoms with E-state index in [1.54, 1.807) is 0 Å². The molecular formula is C32H50N2O3. The van der Waals surface area contributed by atoms with Crippen LogP contribution in [0, 0.1) is 5.92 Å². The maximum atomic E-state index is 13.7.